The molecule has 0 spiro atoms. The van der Waals surface area contributed by atoms with Crippen LogP contribution in [0.3, 0.4) is 0 Å². The Hall–Kier alpha value is -2.22. The molecule has 1 aromatic rings. The number of amides is 2. The number of halogens is 2. The predicted octanol–water partition coefficient (Wildman–Crippen LogP) is 1.98. The zero-order chi connectivity index (χ0) is 19.1. The van der Waals surface area contributed by atoms with E-state index in [9.17, 15) is 18.4 Å². The quantitative estimate of drug-likeness (QED) is 0.797. The highest BCUT2D eigenvalue weighted by Gasteiger charge is 2.32. The monoisotopic (exact) mass is 370 g/mol. The number of rotatable bonds is 7. The molecule has 0 saturated carbocycles. The number of nitrogens with zero attached hydrogens (tertiary/aromatic N) is 2. The van der Waals surface area contributed by atoms with Gasteiger partial charge in [0.1, 0.15) is 5.75 Å². The number of carbonyl (C=O) groups excluding carboxylic acids is 2. The van der Waals surface area contributed by atoms with Crippen molar-refractivity contribution in [1.82, 2.24) is 9.80 Å². The van der Waals surface area contributed by atoms with Gasteiger partial charge in [0, 0.05) is 26.2 Å². The van der Waals surface area contributed by atoms with E-state index in [2.05, 4.69) is 4.74 Å². The van der Waals surface area contributed by atoms with Gasteiger partial charge in [-0.15, -0.1) is 0 Å². The third-order valence-electron chi connectivity index (χ3n) is 4.45. The van der Waals surface area contributed by atoms with Gasteiger partial charge in [0.2, 0.25) is 5.91 Å². The summed E-state index contributed by atoms with van der Waals surface area (Å²) in [5.41, 5.74) is 0.0589. The Balaban J connectivity index is 2.12. The highest BCUT2D eigenvalue weighted by Crippen LogP contribution is 2.25. The topological polar surface area (TPSA) is 70.1 Å². The number of benzene rings is 1. The molecule has 8 heteroatoms. The molecule has 1 aliphatic heterocycles. The van der Waals surface area contributed by atoms with Crippen molar-refractivity contribution >= 4 is 11.8 Å². The van der Waals surface area contributed by atoms with Gasteiger partial charge < -0.3 is 19.6 Å². The van der Waals surface area contributed by atoms with Gasteiger partial charge in [0.25, 0.3) is 5.91 Å². The molecule has 2 amide bonds. The lowest BCUT2D eigenvalue weighted by Gasteiger charge is -2.35. The molecular weight excluding hydrogens is 346 g/mol. The van der Waals surface area contributed by atoms with E-state index in [1.165, 1.54) is 23.1 Å². The van der Waals surface area contributed by atoms with Crippen LogP contribution >= 0.6 is 0 Å². The third kappa shape index (κ3) is 4.91. The maximum atomic E-state index is 12.8. The van der Waals surface area contributed by atoms with Crippen molar-refractivity contribution in [2.75, 3.05) is 32.8 Å². The Morgan fingerprint density at radius 2 is 2.12 bits per heavy atom. The van der Waals surface area contributed by atoms with Gasteiger partial charge in [-0.2, -0.15) is 8.78 Å². The number of aliphatic hydroxyl groups is 1. The van der Waals surface area contributed by atoms with Gasteiger partial charge >= 0.3 is 6.61 Å². The van der Waals surface area contributed by atoms with Gasteiger partial charge in [-0.05, 0) is 31.9 Å². The summed E-state index contributed by atoms with van der Waals surface area (Å²) >= 11 is 0. The first-order valence-corrected chi connectivity index (χ1v) is 8.70. The van der Waals surface area contributed by atoms with Crippen LogP contribution in [0.5, 0.6) is 5.75 Å². The molecule has 1 N–H and O–H groups in total. The molecule has 144 valence electrons. The summed E-state index contributed by atoms with van der Waals surface area (Å²) in [6.45, 7) is 0.112. The zero-order valence-corrected chi connectivity index (χ0v) is 14.7. The van der Waals surface area contributed by atoms with Gasteiger partial charge in [0.05, 0.1) is 18.1 Å². The minimum Gasteiger partial charge on any atom is -0.434 e. The van der Waals surface area contributed by atoms with Crippen LogP contribution in [0.2, 0.25) is 0 Å². The first-order valence-electron chi connectivity index (χ1n) is 8.70. The van der Waals surface area contributed by atoms with Crippen LogP contribution in [0.25, 0.3) is 0 Å². The Morgan fingerprint density at radius 1 is 1.38 bits per heavy atom. The second kappa shape index (κ2) is 9.47. The minimum absolute atomic E-state index is 0.0589. The Labute approximate surface area is 151 Å². The fraction of sp³-hybridized carbons (Fsp3) is 0.556. The van der Waals surface area contributed by atoms with E-state index in [4.69, 9.17) is 5.11 Å². The fourth-order valence-electron chi connectivity index (χ4n) is 3.18. The molecule has 1 aromatic carbocycles. The minimum atomic E-state index is -3.02. The normalized spacial score (nSPS) is 17.3. The lowest BCUT2D eigenvalue weighted by Crippen LogP contribution is -2.47. The van der Waals surface area contributed by atoms with E-state index in [0.29, 0.717) is 25.9 Å². The van der Waals surface area contributed by atoms with Gasteiger partial charge in [-0.25, -0.2) is 0 Å². The maximum Gasteiger partial charge on any atom is 0.387 e. The molecule has 1 atom stereocenters. The predicted molar refractivity (Wildman–Crippen MR) is 91.0 cm³/mol. The lowest BCUT2D eigenvalue weighted by molar-refractivity contribution is -0.137. The molecule has 0 bridgehead atoms. The smallest absolute Gasteiger partial charge is 0.387 e. The summed E-state index contributed by atoms with van der Waals surface area (Å²) in [6, 6.07) is 5.87. The van der Waals surface area contributed by atoms with Gasteiger partial charge in [0.15, 0.2) is 0 Å². The van der Waals surface area contributed by atoms with Crippen molar-refractivity contribution in [2.45, 2.75) is 26.4 Å². The molecule has 0 aromatic heterocycles. The average molecular weight is 370 g/mol. The third-order valence-corrected chi connectivity index (χ3v) is 4.45. The van der Waals surface area contributed by atoms with Crippen molar-refractivity contribution in [3.05, 3.63) is 29.8 Å². The molecule has 1 unspecified atom stereocenters. The fourth-order valence-corrected chi connectivity index (χ4v) is 3.18. The number of likely N-dealkylation sites (N-methyl/N-ethyl adjacent to an activating group) is 1. The molecule has 1 fully saturated rings. The van der Waals surface area contributed by atoms with Crippen LogP contribution in [-0.4, -0.2) is 66.1 Å². The van der Waals surface area contributed by atoms with Crippen LogP contribution in [-0.2, 0) is 4.79 Å². The SMILES string of the molecule is CCN(CCO)C(=O)C1CCCN(C(=O)c2ccccc2OC(F)F)C1. The Morgan fingerprint density at radius 3 is 2.77 bits per heavy atom. The summed E-state index contributed by atoms with van der Waals surface area (Å²) in [5.74, 6) is -1.06. The molecule has 1 heterocycles. The maximum absolute atomic E-state index is 12.8. The second-order valence-electron chi connectivity index (χ2n) is 6.11. The largest absolute Gasteiger partial charge is 0.434 e. The molecule has 2 rings (SSSR count). The molecule has 0 radical (unpaired) electrons. The van der Waals surface area contributed by atoms with Crippen molar-refractivity contribution in [3.8, 4) is 5.75 Å². The molecule has 6 nitrogen and oxygen atoms in total. The summed E-state index contributed by atoms with van der Waals surface area (Å²) in [5, 5.41) is 9.07. The highest BCUT2D eigenvalue weighted by atomic mass is 19.3. The van der Waals surface area contributed by atoms with Crippen molar-refractivity contribution in [2.24, 2.45) is 5.92 Å². The lowest BCUT2D eigenvalue weighted by atomic mass is 9.95. The number of alkyl halides is 2. The first kappa shape index (κ1) is 20.1. The number of piperidine rings is 1. The van der Waals surface area contributed by atoms with E-state index < -0.39 is 12.5 Å². The molecular formula is C18H24F2N2O4. The molecule has 1 aliphatic rings. The molecule has 0 aliphatic carbocycles. The number of aliphatic hydroxyl groups excluding tert-OH is 1. The van der Waals surface area contributed by atoms with E-state index in [1.807, 2.05) is 6.92 Å². The number of hydrogen-bond acceptors (Lipinski definition) is 4. The van der Waals surface area contributed by atoms with E-state index in [-0.39, 0.29) is 42.8 Å². The number of hydrogen-bond donors (Lipinski definition) is 1. The van der Waals surface area contributed by atoms with Crippen LogP contribution in [0.4, 0.5) is 8.78 Å². The number of carbonyl (C=O) groups is 2. The highest BCUT2D eigenvalue weighted by molar-refractivity contribution is 5.97. The van der Waals surface area contributed by atoms with E-state index in [0.717, 1.165) is 0 Å². The van der Waals surface area contributed by atoms with Crippen LogP contribution in [0, 0.1) is 5.92 Å². The van der Waals surface area contributed by atoms with Crippen LogP contribution < -0.4 is 4.74 Å². The van der Waals surface area contributed by atoms with E-state index in [1.54, 1.807) is 11.0 Å². The Kier molecular flexibility index (Phi) is 7.32. The summed E-state index contributed by atoms with van der Waals surface area (Å²) in [6.07, 6.45) is 1.30. The van der Waals surface area contributed by atoms with Crippen molar-refractivity contribution < 1.29 is 28.2 Å². The van der Waals surface area contributed by atoms with Crippen molar-refractivity contribution in [1.29, 1.82) is 0 Å². The van der Waals surface area contributed by atoms with Gasteiger partial charge in [-0.1, -0.05) is 12.1 Å². The molecule has 26 heavy (non-hydrogen) atoms. The first-order chi connectivity index (χ1) is 12.5. The summed E-state index contributed by atoms with van der Waals surface area (Å²) in [4.78, 5) is 28.4. The van der Waals surface area contributed by atoms with Gasteiger partial charge in [-0.3, -0.25) is 9.59 Å². The standard InChI is InChI=1S/C18H24F2N2O4/c1-2-21(10-11-23)16(24)13-6-5-9-22(12-13)17(25)14-7-3-4-8-15(14)26-18(19)20/h3-4,7-8,13,18,23H,2,5-6,9-12H2,1H3. The van der Waals surface area contributed by atoms with E-state index >= 15 is 0 Å². The van der Waals surface area contributed by atoms with Crippen molar-refractivity contribution in [3.63, 3.8) is 0 Å². The van der Waals surface area contributed by atoms with Crippen LogP contribution in [0.15, 0.2) is 24.3 Å². The number of para-hydroxylation sites is 1. The summed E-state index contributed by atoms with van der Waals surface area (Å²) < 4.78 is 29.5. The number of likely N-dealkylation sites (tertiary alicyclic amines) is 1. The van der Waals surface area contributed by atoms with Crippen LogP contribution in [0.1, 0.15) is 30.1 Å². The molecule has 1 saturated heterocycles. The average Bonchev–Trinajstić information content (AvgIpc) is 2.65. The summed E-state index contributed by atoms with van der Waals surface area (Å²) in [7, 11) is 0. The second-order valence-corrected chi connectivity index (χ2v) is 6.11. The number of ether oxygens (including phenoxy) is 1. The zero-order valence-electron chi connectivity index (χ0n) is 14.7. The Bertz CT molecular complexity index is 627.